The van der Waals surface area contributed by atoms with Gasteiger partial charge in [-0.05, 0) is 105 Å². The first-order chi connectivity index (χ1) is 30.3. The van der Waals surface area contributed by atoms with Crippen molar-refractivity contribution in [1.82, 2.24) is 28.8 Å². The number of ether oxygens (including phenoxy) is 1. The molecule has 16 heteroatoms. The van der Waals surface area contributed by atoms with E-state index in [1.807, 2.05) is 39.0 Å². The van der Waals surface area contributed by atoms with Crippen LogP contribution < -0.4 is 22.0 Å². The zero-order valence-electron chi connectivity index (χ0n) is 36.7. The van der Waals surface area contributed by atoms with Gasteiger partial charge in [0.05, 0.1) is 28.5 Å². The van der Waals surface area contributed by atoms with Gasteiger partial charge in [-0.3, -0.25) is 13.9 Å². The van der Waals surface area contributed by atoms with Crippen molar-refractivity contribution in [2.45, 2.75) is 84.1 Å². The summed E-state index contributed by atoms with van der Waals surface area (Å²) in [6.07, 6.45) is 7.87. The number of halogens is 1. The van der Waals surface area contributed by atoms with Gasteiger partial charge in [0, 0.05) is 91.0 Å². The van der Waals surface area contributed by atoms with Gasteiger partial charge in [0.25, 0.3) is 5.91 Å². The molecular formula is C47H55FN9O5P. The molecule has 9 rings (SSSR count). The minimum absolute atomic E-state index is 0.0680. The van der Waals surface area contributed by atoms with Gasteiger partial charge >= 0.3 is 5.69 Å². The molecular weight excluding hydrogens is 821 g/mol. The number of aromatic nitrogens is 5. The summed E-state index contributed by atoms with van der Waals surface area (Å²) in [5, 5.41) is 23.3. The van der Waals surface area contributed by atoms with Crippen molar-refractivity contribution in [2.75, 3.05) is 44.4 Å². The number of imidazole rings is 1. The van der Waals surface area contributed by atoms with Crippen LogP contribution in [-0.2, 0) is 21.1 Å². The van der Waals surface area contributed by atoms with Crippen LogP contribution in [0.4, 0.5) is 10.1 Å². The van der Waals surface area contributed by atoms with Crippen molar-refractivity contribution in [3.05, 3.63) is 116 Å². The lowest BCUT2D eigenvalue weighted by molar-refractivity contribution is 0.0670. The van der Waals surface area contributed by atoms with E-state index in [1.54, 1.807) is 55.0 Å². The van der Waals surface area contributed by atoms with Gasteiger partial charge < -0.3 is 35.4 Å². The number of anilines is 1. The number of carbonyl (C=O) groups excluding carboxylic acids is 1. The summed E-state index contributed by atoms with van der Waals surface area (Å²) in [6.45, 7) is 10.9. The summed E-state index contributed by atoms with van der Waals surface area (Å²) in [4.78, 5) is 35.3. The summed E-state index contributed by atoms with van der Waals surface area (Å²) in [5.41, 5.74) is 12.4. The number of benzene rings is 3. The van der Waals surface area contributed by atoms with E-state index in [1.165, 1.54) is 14.7 Å². The molecule has 330 valence electrons. The molecule has 3 aliphatic rings. The number of hydrogen-bond acceptors (Lipinski definition) is 8. The number of aromatic amines is 1. The van der Waals surface area contributed by atoms with Gasteiger partial charge in [-0.2, -0.15) is 5.10 Å². The Morgan fingerprint density at radius 3 is 2.40 bits per heavy atom. The lowest BCUT2D eigenvalue weighted by Gasteiger charge is -2.34. The smallest absolute Gasteiger partial charge is 0.338 e. The Bertz CT molecular complexity index is 2900. The molecule has 1 saturated carbocycles. The second kappa shape index (κ2) is 16.0. The van der Waals surface area contributed by atoms with Crippen LogP contribution in [0.25, 0.3) is 28.1 Å². The summed E-state index contributed by atoms with van der Waals surface area (Å²) in [5.74, 6) is 0.264. The average molecular weight is 876 g/mol. The van der Waals surface area contributed by atoms with E-state index in [0.29, 0.717) is 108 Å². The topological polar surface area (TPSA) is 178 Å². The number of nitrogens with zero attached hydrogens (tertiary/aromatic N) is 6. The molecule has 3 aromatic carbocycles. The quantitative estimate of drug-likeness (QED) is 0.0339. The summed E-state index contributed by atoms with van der Waals surface area (Å²) >= 11 is 0. The Balaban J connectivity index is 1.17. The highest BCUT2D eigenvalue weighted by Crippen LogP contribution is 2.53. The molecule has 0 unspecified atom stereocenters. The number of fused-ring (bicyclic) bond motifs is 2. The van der Waals surface area contributed by atoms with Gasteiger partial charge in [-0.25, -0.2) is 13.9 Å². The number of H-pyrrole nitrogens is 1. The number of hydrogen-bond donors (Lipinski definition) is 4. The molecule has 1 aliphatic carbocycles. The largest absolute Gasteiger partial charge is 0.409 e. The van der Waals surface area contributed by atoms with Crippen LogP contribution in [0.2, 0.25) is 0 Å². The molecule has 1 atom stereocenters. The van der Waals surface area contributed by atoms with Crippen LogP contribution in [0.3, 0.4) is 0 Å². The normalized spacial score (nSPS) is 17.9. The third-order valence-corrected chi connectivity index (χ3v) is 17.2. The number of amides is 1. The molecule has 0 radical (unpaired) electrons. The van der Waals surface area contributed by atoms with Gasteiger partial charge in [0.2, 0.25) is 0 Å². The predicted octanol–water partition coefficient (Wildman–Crippen LogP) is 7.55. The maximum Gasteiger partial charge on any atom is 0.338 e. The summed E-state index contributed by atoms with van der Waals surface area (Å²) in [6, 6.07) is 14.6. The highest BCUT2D eigenvalue weighted by molar-refractivity contribution is 7.71. The van der Waals surface area contributed by atoms with Crippen molar-refractivity contribution in [1.29, 1.82) is 0 Å². The molecule has 63 heavy (non-hydrogen) atoms. The maximum atomic E-state index is 15.3. The lowest BCUT2D eigenvalue weighted by Crippen LogP contribution is -2.40. The molecule has 2 aliphatic heterocycles. The Hall–Kier alpha value is -5.92. The van der Waals surface area contributed by atoms with Crippen LogP contribution in [0.15, 0.2) is 70.9 Å². The number of oxime groups is 1. The molecule has 1 saturated heterocycles. The van der Waals surface area contributed by atoms with Crippen LogP contribution >= 0.6 is 7.14 Å². The lowest BCUT2D eigenvalue weighted by atomic mass is 9.88. The number of nitrogens with two attached hydrogens (primary N) is 1. The van der Waals surface area contributed by atoms with Gasteiger partial charge in [0.1, 0.15) is 30.3 Å². The van der Waals surface area contributed by atoms with E-state index >= 15 is 9.18 Å². The van der Waals surface area contributed by atoms with E-state index in [4.69, 9.17) is 15.6 Å². The van der Waals surface area contributed by atoms with Gasteiger partial charge in [-0.15, -0.1) is 0 Å². The fourth-order valence-electron chi connectivity index (χ4n) is 10.1. The fourth-order valence-corrected chi connectivity index (χ4v) is 12.2. The monoisotopic (exact) mass is 875 g/mol. The molecule has 0 bridgehead atoms. The first-order valence-electron chi connectivity index (χ1n) is 21.9. The minimum atomic E-state index is -2.64. The van der Waals surface area contributed by atoms with Crippen LogP contribution in [0.5, 0.6) is 0 Å². The number of rotatable bonds is 11. The fraction of sp³-hybridized carbons (Fsp3) is 0.404. The van der Waals surface area contributed by atoms with Gasteiger partial charge in [0.15, 0.2) is 0 Å². The highest BCUT2D eigenvalue weighted by atomic mass is 31.2. The molecule has 14 nitrogen and oxygen atoms in total. The molecule has 5 N–H and O–H groups in total. The first-order valence-corrected chi connectivity index (χ1v) is 24.0. The predicted molar refractivity (Wildman–Crippen MR) is 244 cm³/mol. The summed E-state index contributed by atoms with van der Waals surface area (Å²) < 4.78 is 39.3. The van der Waals surface area contributed by atoms with E-state index in [-0.39, 0.29) is 23.2 Å². The Morgan fingerprint density at radius 2 is 1.75 bits per heavy atom. The third kappa shape index (κ3) is 6.82. The van der Waals surface area contributed by atoms with Crippen LogP contribution in [0.1, 0.15) is 102 Å². The van der Waals surface area contributed by atoms with E-state index < -0.39 is 18.6 Å². The highest BCUT2D eigenvalue weighted by Gasteiger charge is 2.53. The van der Waals surface area contributed by atoms with Crippen molar-refractivity contribution in [3.8, 4) is 17.2 Å². The van der Waals surface area contributed by atoms with Crippen molar-refractivity contribution >= 4 is 40.8 Å². The molecule has 3 aromatic heterocycles. The molecule has 6 aromatic rings. The average Bonchev–Trinajstić information content (AvgIpc) is 3.66. The molecule has 2 fully saturated rings. The Morgan fingerprint density at radius 1 is 1.05 bits per heavy atom. The minimum Gasteiger partial charge on any atom is -0.409 e. The maximum absolute atomic E-state index is 15.3. The van der Waals surface area contributed by atoms with E-state index in [9.17, 15) is 14.6 Å². The van der Waals surface area contributed by atoms with Crippen molar-refractivity contribution in [3.63, 3.8) is 0 Å². The molecule has 1 amide bonds. The number of carbonyl (C=O) groups is 1. The SMILES string of the molecule is CCP(=O)(CC)c1ccc(-n2ccn(-c3c4c(nn3-c3cc(C)c(F)c(C)c3)CCN(C(=O)c3[nH]c5cc(C6CCOCC6)ccc5c3C3(/C(N)=N/O)CC3)[C@H]4C)c2=O)cc1NC. The van der Waals surface area contributed by atoms with Crippen molar-refractivity contribution in [2.24, 2.45) is 10.9 Å². The number of amidine groups is 1. The van der Waals surface area contributed by atoms with E-state index in [0.717, 1.165) is 34.6 Å². The number of nitrogens with one attached hydrogen (secondary N) is 2. The Kier molecular flexibility index (Phi) is 10.8. The van der Waals surface area contributed by atoms with Crippen LogP contribution in [0, 0.1) is 19.7 Å². The van der Waals surface area contributed by atoms with Crippen LogP contribution in [-0.4, -0.2) is 84.9 Å². The first kappa shape index (κ1) is 42.4. The molecule has 5 heterocycles. The third-order valence-electron chi connectivity index (χ3n) is 13.9. The van der Waals surface area contributed by atoms with E-state index in [2.05, 4.69) is 33.7 Å². The molecule has 0 spiro atoms. The number of aryl methyl sites for hydroxylation is 2. The summed E-state index contributed by atoms with van der Waals surface area (Å²) in [7, 11) is -0.864. The second-order valence-electron chi connectivity index (χ2n) is 17.3. The standard InChI is InChI=1S/C47H55FN9O5P/c1-7-63(61,8-2)38-12-10-32(26-37(38)50-6)55-19-20-56(46(55)59)43-39-29(5)54(18-13-35(39)52-57(43)33-23-27(3)41(48)28(4)24-33)44(58)42-40(47(16-17-47)45(49)53-60)34-11-9-31(25-36(34)51-42)30-14-21-62-22-15-30/h9-12,19-20,23-26,29-30,50-51,60H,7-8,13-18,21-22H2,1-6H3,(H2,49,53)/t29-/m0/s1. The zero-order valence-corrected chi connectivity index (χ0v) is 37.6. The zero-order chi connectivity index (χ0) is 44.5. The second-order valence-corrected chi connectivity index (χ2v) is 20.9. The van der Waals surface area contributed by atoms with Gasteiger partial charge in [-0.1, -0.05) is 31.1 Å². The van der Waals surface area contributed by atoms with Crippen molar-refractivity contribution < 1.29 is 23.7 Å². The Labute approximate surface area is 365 Å².